The van der Waals surface area contributed by atoms with E-state index in [1.807, 2.05) is 0 Å². The van der Waals surface area contributed by atoms with Gasteiger partial charge >= 0.3 is 12.4 Å². The second-order valence-corrected chi connectivity index (χ2v) is 7.55. The molecule has 0 aliphatic carbocycles. The van der Waals surface area contributed by atoms with Crippen molar-refractivity contribution < 1.29 is 26.3 Å². The van der Waals surface area contributed by atoms with Crippen LogP contribution in [-0.4, -0.2) is 34.1 Å². The topological polar surface area (TPSA) is 86.8 Å². The van der Waals surface area contributed by atoms with Crippen LogP contribution < -0.4 is 21.3 Å². The largest absolute Gasteiger partial charge is 0.416 e. The van der Waals surface area contributed by atoms with Crippen LogP contribution in [0.2, 0.25) is 0 Å². The maximum absolute atomic E-state index is 13.0. The fourth-order valence-corrected chi connectivity index (χ4v) is 3.32. The molecule has 2 heterocycles. The highest BCUT2D eigenvalue weighted by Gasteiger charge is 2.31. The number of hydrogen-bond donors (Lipinski definition) is 4. The molecule has 1 saturated heterocycles. The van der Waals surface area contributed by atoms with Gasteiger partial charge in [0.05, 0.1) is 11.1 Å². The number of rotatable bonds is 6. The van der Waals surface area contributed by atoms with Crippen LogP contribution in [0.25, 0.3) is 0 Å². The van der Waals surface area contributed by atoms with Crippen LogP contribution in [-0.2, 0) is 12.4 Å². The van der Waals surface area contributed by atoms with Crippen molar-refractivity contribution in [2.24, 2.45) is 0 Å². The monoisotopic (exact) mass is 483 g/mol. The average Bonchev–Trinajstić information content (AvgIpc) is 3.26. The molecule has 1 aliphatic heterocycles. The lowest BCUT2D eigenvalue weighted by Gasteiger charge is -2.15. The molecule has 1 atom stereocenters. The van der Waals surface area contributed by atoms with Gasteiger partial charge in [0.1, 0.15) is 0 Å². The SMILES string of the molecule is FC(F)(F)c1cccc(Nc2nc(Nc3cccc(C(F)(F)F)c3)nc(N[C@H]3CCNC3)n2)c1. The van der Waals surface area contributed by atoms with Crippen LogP contribution in [0, 0.1) is 0 Å². The Kier molecular flexibility index (Phi) is 6.46. The highest BCUT2D eigenvalue weighted by molar-refractivity contribution is 5.60. The standard InChI is InChI=1S/C21H19F6N7/c22-20(23,24)12-3-1-5-14(9-12)29-17-32-18(34-19(33-17)31-16-7-8-28-11-16)30-15-6-2-4-13(10-15)21(25,26)27/h1-6,9-10,16,28H,7-8,11H2,(H3,29,30,31,32,33,34)/t16-/m0/s1. The first-order chi connectivity index (χ1) is 16.1. The zero-order valence-electron chi connectivity index (χ0n) is 17.4. The molecule has 4 rings (SSSR count). The van der Waals surface area contributed by atoms with E-state index in [1.54, 1.807) is 0 Å². The van der Waals surface area contributed by atoms with E-state index in [0.717, 1.165) is 37.2 Å². The number of nitrogens with one attached hydrogen (secondary N) is 4. The van der Waals surface area contributed by atoms with E-state index in [1.165, 1.54) is 24.3 Å². The summed E-state index contributed by atoms with van der Waals surface area (Å²) in [5.74, 6) is -0.0536. The van der Waals surface area contributed by atoms with Gasteiger partial charge < -0.3 is 21.3 Å². The highest BCUT2D eigenvalue weighted by Crippen LogP contribution is 2.32. The van der Waals surface area contributed by atoms with E-state index < -0.39 is 23.5 Å². The minimum Gasteiger partial charge on any atom is -0.350 e. The first-order valence-corrected chi connectivity index (χ1v) is 10.2. The van der Waals surface area contributed by atoms with Crippen LogP contribution in [0.5, 0.6) is 0 Å². The molecule has 34 heavy (non-hydrogen) atoms. The van der Waals surface area contributed by atoms with Crippen LogP contribution in [0.1, 0.15) is 17.5 Å². The predicted octanol–water partition coefficient (Wildman–Crippen LogP) is 5.17. The Morgan fingerprint density at radius 2 is 1.24 bits per heavy atom. The number of halogens is 6. The average molecular weight is 483 g/mol. The fourth-order valence-electron chi connectivity index (χ4n) is 3.32. The molecular formula is C21H19F6N7. The molecule has 7 nitrogen and oxygen atoms in total. The van der Waals surface area contributed by atoms with E-state index >= 15 is 0 Å². The Balaban J connectivity index is 1.63. The van der Waals surface area contributed by atoms with Crippen LogP contribution >= 0.6 is 0 Å². The van der Waals surface area contributed by atoms with Gasteiger partial charge in [0, 0.05) is 24.0 Å². The first kappa shape index (κ1) is 23.5. The highest BCUT2D eigenvalue weighted by atomic mass is 19.4. The third kappa shape index (κ3) is 6.04. The van der Waals surface area contributed by atoms with Gasteiger partial charge in [-0.15, -0.1) is 0 Å². The number of benzene rings is 2. The molecule has 13 heteroatoms. The van der Waals surface area contributed by atoms with Crippen molar-refractivity contribution in [3.63, 3.8) is 0 Å². The summed E-state index contributed by atoms with van der Waals surface area (Å²) >= 11 is 0. The lowest BCUT2D eigenvalue weighted by Crippen LogP contribution is -2.24. The summed E-state index contributed by atoms with van der Waals surface area (Å²) in [5.41, 5.74) is -1.55. The minimum absolute atomic E-state index is 0.00483. The third-order valence-corrected chi connectivity index (χ3v) is 4.92. The molecule has 0 amide bonds. The van der Waals surface area contributed by atoms with E-state index in [2.05, 4.69) is 36.2 Å². The molecule has 3 aromatic rings. The summed E-state index contributed by atoms with van der Waals surface area (Å²) in [6.45, 7) is 1.44. The maximum atomic E-state index is 13.0. The van der Waals surface area contributed by atoms with Crippen LogP contribution in [0.4, 0.5) is 55.6 Å². The predicted molar refractivity (Wildman–Crippen MR) is 114 cm³/mol. The summed E-state index contributed by atoms with van der Waals surface area (Å²) < 4.78 is 78.3. The van der Waals surface area contributed by atoms with Gasteiger partial charge in [-0.05, 0) is 49.4 Å². The quantitative estimate of drug-likeness (QED) is 0.360. The normalized spacial score (nSPS) is 16.4. The summed E-state index contributed by atoms with van der Waals surface area (Å²) in [4.78, 5) is 12.5. The summed E-state index contributed by atoms with van der Waals surface area (Å²) in [6, 6.07) is 8.95. The smallest absolute Gasteiger partial charge is 0.350 e. The number of aromatic nitrogens is 3. The molecule has 0 radical (unpaired) electrons. The Morgan fingerprint density at radius 3 is 1.68 bits per heavy atom. The van der Waals surface area contributed by atoms with Crippen molar-refractivity contribution >= 4 is 29.2 Å². The Morgan fingerprint density at radius 1 is 0.735 bits per heavy atom. The third-order valence-electron chi connectivity index (χ3n) is 4.92. The van der Waals surface area contributed by atoms with Crippen molar-refractivity contribution in [2.45, 2.75) is 24.8 Å². The molecule has 0 saturated carbocycles. The van der Waals surface area contributed by atoms with E-state index in [0.29, 0.717) is 6.54 Å². The Labute approximate surface area is 190 Å². The lowest BCUT2D eigenvalue weighted by atomic mass is 10.2. The van der Waals surface area contributed by atoms with Crippen molar-refractivity contribution in [2.75, 3.05) is 29.0 Å². The Bertz CT molecular complexity index is 1070. The second-order valence-electron chi connectivity index (χ2n) is 7.55. The van der Waals surface area contributed by atoms with Gasteiger partial charge in [-0.25, -0.2) is 0 Å². The second kappa shape index (κ2) is 9.33. The van der Waals surface area contributed by atoms with E-state index in [4.69, 9.17) is 0 Å². The van der Waals surface area contributed by atoms with Gasteiger partial charge in [0.25, 0.3) is 0 Å². The minimum atomic E-state index is -4.53. The van der Waals surface area contributed by atoms with E-state index in [-0.39, 0.29) is 35.3 Å². The van der Waals surface area contributed by atoms with Crippen LogP contribution in [0.15, 0.2) is 48.5 Å². The van der Waals surface area contributed by atoms with Gasteiger partial charge in [0.2, 0.25) is 17.8 Å². The molecule has 4 N–H and O–H groups in total. The van der Waals surface area contributed by atoms with Crippen molar-refractivity contribution in [3.05, 3.63) is 59.7 Å². The molecule has 180 valence electrons. The summed E-state index contributed by atoms with van der Waals surface area (Å²) in [6.07, 6.45) is -8.27. The fraction of sp³-hybridized carbons (Fsp3) is 0.286. The molecular weight excluding hydrogens is 464 g/mol. The van der Waals surface area contributed by atoms with Gasteiger partial charge in [-0.3, -0.25) is 0 Å². The molecule has 0 unspecified atom stereocenters. The maximum Gasteiger partial charge on any atom is 0.416 e. The van der Waals surface area contributed by atoms with Gasteiger partial charge in [-0.2, -0.15) is 41.3 Å². The lowest BCUT2D eigenvalue weighted by molar-refractivity contribution is -0.138. The molecule has 1 aliphatic rings. The number of nitrogens with zero attached hydrogens (tertiary/aromatic N) is 3. The van der Waals surface area contributed by atoms with E-state index in [9.17, 15) is 26.3 Å². The number of anilines is 5. The zero-order chi connectivity index (χ0) is 24.3. The summed E-state index contributed by atoms with van der Waals surface area (Å²) in [7, 11) is 0. The number of hydrogen-bond acceptors (Lipinski definition) is 7. The van der Waals surface area contributed by atoms with Gasteiger partial charge in [0.15, 0.2) is 0 Å². The van der Waals surface area contributed by atoms with Crippen molar-refractivity contribution in [3.8, 4) is 0 Å². The molecule has 2 aromatic carbocycles. The molecule has 0 bridgehead atoms. The number of alkyl halides is 6. The Hall–Kier alpha value is -3.61. The van der Waals surface area contributed by atoms with Crippen molar-refractivity contribution in [1.29, 1.82) is 0 Å². The van der Waals surface area contributed by atoms with Gasteiger partial charge in [-0.1, -0.05) is 12.1 Å². The van der Waals surface area contributed by atoms with Crippen molar-refractivity contribution in [1.82, 2.24) is 20.3 Å². The molecule has 1 fully saturated rings. The summed E-state index contributed by atoms with van der Waals surface area (Å²) in [5, 5.41) is 11.7. The molecule has 0 spiro atoms. The van der Waals surface area contributed by atoms with Crippen LogP contribution in [0.3, 0.4) is 0 Å². The zero-order valence-corrected chi connectivity index (χ0v) is 17.4. The first-order valence-electron chi connectivity index (χ1n) is 10.2. The molecule has 1 aromatic heterocycles.